The molecule has 0 radical (unpaired) electrons. The molecule has 0 atom stereocenters. The SMILES string of the molecule is N#CCc1nc2c(C#N)cccc2[nH]1. The zero-order valence-corrected chi connectivity index (χ0v) is 7.28. The Labute approximate surface area is 80.4 Å². The van der Waals surface area contributed by atoms with E-state index in [-0.39, 0.29) is 6.42 Å². The molecule has 4 nitrogen and oxygen atoms in total. The zero-order valence-electron chi connectivity index (χ0n) is 7.28. The van der Waals surface area contributed by atoms with Crippen LogP contribution in [0.25, 0.3) is 11.0 Å². The van der Waals surface area contributed by atoms with Gasteiger partial charge in [-0.05, 0) is 12.1 Å². The van der Waals surface area contributed by atoms with Crippen molar-refractivity contribution >= 4 is 11.0 Å². The van der Waals surface area contributed by atoms with Crippen LogP contribution in [0.5, 0.6) is 0 Å². The highest BCUT2D eigenvalue weighted by Gasteiger charge is 2.05. The maximum Gasteiger partial charge on any atom is 0.121 e. The molecule has 0 amide bonds. The van der Waals surface area contributed by atoms with Gasteiger partial charge in [0.1, 0.15) is 17.4 Å². The van der Waals surface area contributed by atoms with Gasteiger partial charge < -0.3 is 4.98 Å². The van der Waals surface area contributed by atoms with E-state index in [2.05, 4.69) is 16.0 Å². The molecule has 0 aliphatic carbocycles. The van der Waals surface area contributed by atoms with Crippen molar-refractivity contribution in [1.29, 1.82) is 10.5 Å². The largest absolute Gasteiger partial charge is 0.341 e. The van der Waals surface area contributed by atoms with E-state index in [1.807, 2.05) is 12.1 Å². The lowest BCUT2D eigenvalue weighted by atomic mass is 10.2. The van der Waals surface area contributed by atoms with E-state index in [0.29, 0.717) is 16.9 Å². The Morgan fingerprint density at radius 3 is 2.93 bits per heavy atom. The molecule has 0 bridgehead atoms. The van der Waals surface area contributed by atoms with Crippen LogP contribution in [0.2, 0.25) is 0 Å². The van der Waals surface area contributed by atoms with Gasteiger partial charge in [0.15, 0.2) is 0 Å². The first-order valence-electron chi connectivity index (χ1n) is 4.10. The van der Waals surface area contributed by atoms with Gasteiger partial charge in [0, 0.05) is 0 Å². The molecule has 1 aromatic heterocycles. The molecule has 0 fully saturated rings. The molecule has 1 heterocycles. The van der Waals surface area contributed by atoms with Gasteiger partial charge in [0.25, 0.3) is 0 Å². The molecule has 0 aliphatic rings. The smallest absolute Gasteiger partial charge is 0.121 e. The highest BCUT2D eigenvalue weighted by molar-refractivity contribution is 5.81. The predicted molar refractivity (Wildman–Crippen MR) is 50.1 cm³/mol. The van der Waals surface area contributed by atoms with E-state index in [9.17, 15) is 0 Å². The molecular formula is C10H6N4. The summed E-state index contributed by atoms with van der Waals surface area (Å²) in [7, 11) is 0. The Morgan fingerprint density at radius 2 is 2.21 bits per heavy atom. The molecule has 4 heteroatoms. The standard InChI is InChI=1S/C10H6N4/c11-5-4-9-13-8-3-1-2-7(6-12)10(8)14-9/h1-3H,4H2,(H,13,14). The maximum absolute atomic E-state index is 8.81. The number of nitrogens with zero attached hydrogens (tertiary/aromatic N) is 3. The van der Waals surface area contributed by atoms with Crippen LogP contribution in [-0.4, -0.2) is 9.97 Å². The number of para-hydroxylation sites is 1. The molecule has 2 rings (SSSR count). The second-order valence-electron chi connectivity index (χ2n) is 2.83. The summed E-state index contributed by atoms with van der Waals surface area (Å²) in [4.78, 5) is 7.16. The monoisotopic (exact) mass is 182 g/mol. The summed E-state index contributed by atoms with van der Waals surface area (Å²) in [6, 6.07) is 9.40. The number of aromatic amines is 1. The molecule has 1 aromatic carbocycles. The van der Waals surface area contributed by atoms with Crippen LogP contribution in [0, 0.1) is 22.7 Å². The first-order valence-corrected chi connectivity index (χ1v) is 4.10. The average molecular weight is 182 g/mol. The maximum atomic E-state index is 8.81. The van der Waals surface area contributed by atoms with Gasteiger partial charge in [-0.25, -0.2) is 4.98 Å². The second kappa shape index (κ2) is 3.20. The summed E-state index contributed by atoms with van der Waals surface area (Å²) in [5, 5.41) is 17.3. The fourth-order valence-corrected chi connectivity index (χ4v) is 1.33. The fourth-order valence-electron chi connectivity index (χ4n) is 1.33. The molecule has 0 saturated carbocycles. The van der Waals surface area contributed by atoms with Crippen molar-refractivity contribution in [3.8, 4) is 12.1 Å². The van der Waals surface area contributed by atoms with Gasteiger partial charge in [-0.15, -0.1) is 0 Å². The van der Waals surface area contributed by atoms with Gasteiger partial charge in [0.05, 0.1) is 23.6 Å². The Hall–Kier alpha value is -2.33. The van der Waals surface area contributed by atoms with E-state index in [4.69, 9.17) is 10.5 Å². The second-order valence-corrected chi connectivity index (χ2v) is 2.83. The van der Waals surface area contributed by atoms with Crippen LogP contribution >= 0.6 is 0 Å². The molecule has 66 valence electrons. The van der Waals surface area contributed by atoms with Crippen LogP contribution in [-0.2, 0) is 6.42 Å². The third kappa shape index (κ3) is 1.19. The lowest BCUT2D eigenvalue weighted by molar-refractivity contribution is 1.08. The number of hydrogen-bond donors (Lipinski definition) is 1. The van der Waals surface area contributed by atoms with Crippen molar-refractivity contribution in [1.82, 2.24) is 9.97 Å². The Kier molecular flexibility index (Phi) is 1.89. The molecular weight excluding hydrogens is 176 g/mol. The Bertz CT molecular complexity index is 553. The number of imidazole rings is 1. The summed E-state index contributed by atoms with van der Waals surface area (Å²) in [6.45, 7) is 0. The third-order valence-corrected chi connectivity index (χ3v) is 1.93. The van der Waals surface area contributed by atoms with Gasteiger partial charge in [-0.2, -0.15) is 10.5 Å². The quantitative estimate of drug-likeness (QED) is 0.726. The summed E-state index contributed by atoms with van der Waals surface area (Å²) in [5.41, 5.74) is 1.97. The summed E-state index contributed by atoms with van der Waals surface area (Å²) < 4.78 is 0. The number of fused-ring (bicyclic) bond motifs is 1. The van der Waals surface area contributed by atoms with Crippen molar-refractivity contribution in [2.75, 3.05) is 0 Å². The minimum atomic E-state index is 0.236. The van der Waals surface area contributed by atoms with Crippen molar-refractivity contribution in [3.63, 3.8) is 0 Å². The molecule has 0 saturated heterocycles. The number of nitrogens with one attached hydrogen (secondary N) is 1. The zero-order chi connectivity index (χ0) is 9.97. The minimum Gasteiger partial charge on any atom is -0.341 e. The lowest BCUT2D eigenvalue weighted by Gasteiger charge is -1.88. The Balaban J connectivity index is 2.67. The van der Waals surface area contributed by atoms with Gasteiger partial charge >= 0.3 is 0 Å². The molecule has 0 unspecified atom stereocenters. The van der Waals surface area contributed by atoms with E-state index in [0.717, 1.165) is 5.52 Å². The number of rotatable bonds is 1. The molecule has 14 heavy (non-hydrogen) atoms. The first kappa shape index (κ1) is 8.28. The lowest BCUT2D eigenvalue weighted by Crippen LogP contribution is -1.82. The number of benzene rings is 1. The fraction of sp³-hybridized carbons (Fsp3) is 0.100. The van der Waals surface area contributed by atoms with Crippen LogP contribution in [0.4, 0.5) is 0 Å². The van der Waals surface area contributed by atoms with Crippen molar-refractivity contribution in [3.05, 3.63) is 29.6 Å². The predicted octanol–water partition coefficient (Wildman–Crippen LogP) is 1.50. The highest BCUT2D eigenvalue weighted by Crippen LogP contribution is 2.15. The van der Waals surface area contributed by atoms with E-state index < -0.39 is 0 Å². The first-order chi connectivity index (χ1) is 6.85. The molecule has 0 aliphatic heterocycles. The highest BCUT2D eigenvalue weighted by atomic mass is 14.9. The molecule has 2 aromatic rings. The number of nitriles is 2. The van der Waals surface area contributed by atoms with Crippen molar-refractivity contribution < 1.29 is 0 Å². The third-order valence-electron chi connectivity index (χ3n) is 1.93. The van der Waals surface area contributed by atoms with Crippen LogP contribution < -0.4 is 0 Å². The van der Waals surface area contributed by atoms with Gasteiger partial charge in [-0.1, -0.05) is 6.07 Å². The molecule has 0 spiro atoms. The summed E-state index contributed by atoms with van der Waals surface area (Å²) in [6.07, 6.45) is 0.236. The number of H-pyrrole nitrogens is 1. The Morgan fingerprint density at radius 1 is 1.36 bits per heavy atom. The van der Waals surface area contributed by atoms with Crippen LogP contribution in [0.1, 0.15) is 11.4 Å². The minimum absolute atomic E-state index is 0.236. The topological polar surface area (TPSA) is 76.3 Å². The van der Waals surface area contributed by atoms with E-state index >= 15 is 0 Å². The van der Waals surface area contributed by atoms with E-state index in [1.165, 1.54) is 0 Å². The normalized spacial score (nSPS) is 9.57. The van der Waals surface area contributed by atoms with Crippen LogP contribution in [0.15, 0.2) is 18.2 Å². The van der Waals surface area contributed by atoms with E-state index in [1.54, 1.807) is 12.1 Å². The average Bonchev–Trinajstić information content (AvgIpc) is 2.60. The summed E-state index contributed by atoms with van der Waals surface area (Å²) >= 11 is 0. The van der Waals surface area contributed by atoms with Gasteiger partial charge in [-0.3, -0.25) is 0 Å². The van der Waals surface area contributed by atoms with Crippen molar-refractivity contribution in [2.45, 2.75) is 6.42 Å². The van der Waals surface area contributed by atoms with Gasteiger partial charge in [0.2, 0.25) is 0 Å². The van der Waals surface area contributed by atoms with Crippen LogP contribution in [0.3, 0.4) is 0 Å². The van der Waals surface area contributed by atoms with Crippen molar-refractivity contribution in [2.24, 2.45) is 0 Å². The summed E-state index contributed by atoms with van der Waals surface area (Å²) in [5.74, 6) is 0.602. The number of hydrogen-bond acceptors (Lipinski definition) is 3. The number of aromatic nitrogens is 2. The molecule has 1 N–H and O–H groups in total.